The van der Waals surface area contributed by atoms with Crippen LogP contribution in [0.15, 0.2) is 18.2 Å². The molecule has 0 aliphatic carbocycles. The van der Waals surface area contributed by atoms with Gasteiger partial charge in [-0.15, -0.1) is 0 Å². The van der Waals surface area contributed by atoms with Crippen LogP contribution >= 0.6 is 0 Å². The number of rotatable bonds is 6. The lowest BCUT2D eigenvalue weighted by atomic mass is 10.2. The van der Waals surface area contributed by atoms with Gasteiger partial charge in [0.25, 0.3) is 0 Å². The Labute approximate surface area is 139 Å². The Morgan fingerprint density at radius 3 is 3.00 bits per heavy atom. The van der Waals surface area contributed by atoms with Gasteiger partial charge in [0.2, 0.25) is 0 Å². The molecule has 1 aromatic rings. The number of nitrogens with zero attached hydrogens (tertiary/aromatic N) is 3. The fourth-order valence-corrected chi connectivity index (χ4v) is 3.41. The van der Waals surface area contributed by atoms with Gasteiger partial charge in [-0.05, 0) is 38.8 Å². The second-order valence-corrected chi connectivity index (χ2v) is 6.68. The van der Waals surface area contributed by atoms with Crippen molar-refractivity contribution >= 4 is 5.82 Å². The molecule has 0 radical (unpaired) electrons. The third-order valence-corrected chi connectivity index (χ3v) is 4.81. The van der Waals surface area contributed by atoms with Crippen LogP contribution in [0.5, 0.6) is 0 Å². The van der Waals surface area contributed by atoms with Crippen molar-refractivity contribution in [1.29, 1.82) is 0 Å². The molecule has 2 aliphatic rings. The van der Waals surface area contributed by atoms with Crippen molar-refractivity contribution in [2.24, 2.45) is 0 Å². The Morgan fingerprint density at radius 2 is 2.26 bits per heavy atom. The molecule has 3 heterocycles. The van der Waals surface area contributed by atoms with E-state index < -0.39 is 0 Å². The normalized spacial score (nSPS) is 25.9. The summed E-state index contributed by atoms with van der Waals surface area (Å²) in [5.74, 6) is 1.10. The van der Waals surface area contributed by atoms with Gasteiger partial charge in [0.15, 0.2) is 0 Å². The van der Waals surface area contributed by atoms with Crippen molar-refractivity contribution in [2.75, 3.05) is 50.9 Å². The summed E-state index contributed by atoms with van der Waals surface area (Å²) in [7, 11) is 0. The van der Waals surface area contributed by atoms with Gasteiger partial charge in [-0.2, -0.15) is 0 Å². The van der Waals surface area contributed by atoms with Crippen molar-refractivity contribution in [2.45, 2.75) is 38.8 Å². The minimum atomic E-state index is 0.330. The maximum Gasteiger partial charge on any atom is 0.128 e. The standard InChI is InChI=1S/C18H29N3O2/c1-15-5-3-7-18(19-15)21-9-8-20(16(2)13-21)10-12-22-14-17-6-4-11-23-17/h3,5,7,16-17H,4,6,8-14H2,1-2H3/t16-,17+/m1/s1. The zero-order chi connectivity index (χ0) is 16.1. The second-order valence-electron chi connectivity index (χ2n) is 6.68. The van der Waals surface area contributed by atoms with Crippen molar-refractivity contribution in [1.82, 2.24) is 9.88 Å². The first-order valence-electron chi connectivity index (χ1n) is 8.84. The van der Waals surface area contributed by atoms with Crippen LogP contribution in [0, 0.1) is 6.92 Å². The summed E-state index contributed by atoms with van der Waals surface area (Å²) in [5.41, 5.74) is 1.08. The van der Waals surface area contributed by atoms with Crippen LogP contribution in [0.4, 0.5) is 5.82 Å². The summed E-state index contributed by atoms with van der Waals surface area (Å²) in [6.45, 7) is 10.9. The van der Waals surface area contributed by atoms with Crippen molar-refractivity contribution < 1.29 is 9.47 Å². The zero-order valence-electron chi connectivity index (χ0n) is 14.4. The summed E-state index contributed by atoms with van der Waals surface area (Å²) >= 11 is 0. The quantitative estimate of drug-likeness (QED) is 0.751. The smallest absolute Gasteiger partial charge is 0.128 e. The first kappa shape index (κ1) is 16.7. The van der Waals surface area contributed by atoms with Crippen LogP contribution in [0.2, 0.25) is 0 Å². The van der Waals surface area contributed by atoms with Crippen LogP contribution in [0.25, 0.3) is 0 Å². The van der Waals surface area contributed by atoms with E-state index in [-0.39, 0.29) is 0 Å². The van der Waals surface area contributed by atoms with Crippen molar-refractivity contribution in [3.63, 3.8) is 0 Å². The van der Waals surface area contributed by atoms with Gasteiger partial charge in [0.05, 0.1) is 19.3 Å². The molecule has 23 heavy (non-hydrogen) atoms. The number of anilines is 1. The third-order valence-electron chi connectivity index (χ3n) is 4.81. The van der Waals surface area contributed by atoms with Gasteiger partial charge < -0.3 is 14.4 Å². The molecule has 2 atom stereocenters. The average molecular weight is 319 g/mol. The van der Waals surface area contributed by atoms with Crippen LogP contribution in [0.3, 0.4) is 0 Å². The Hall–Kier alpha value is -1.17. The molecule has 3 rings (SSSR count). The van der Waals surface area contributed by atoms with Crippen LogP contribution in [-0.2, 0) is 9.47 Å². The molecule has 0 aromatic carbocycles. The molecule has 5 nitrogen and oxygen atoms in total. The van der Waals surface area contributed by atoms with Crippen LogP contribution in [-0.4, -0.2) is 68.0 Å². The molecule has 1 aromatic heterocycles. The highest BCUT2D eigenvalue weighted by molar-refractivity contribution is 5.40. The predicted molar refractivity (Wildman–Crippen MR) is 92.0 cm³/mol. The molecule has 5 heteroatoms. The predicted octanol–water partition coefficient (Wildman–Crippen LogP) is 2.10. The van der Waals surface area contributed by atoms with E-state index in [1.165, 1.54) is 6.42 Å². The molecule has 0 N–H and O–H groups in total. The SMILES string of the molecule is Cc1cccc(N2CCN(CCOC[C@@H]3CCCO3)[C@H](C)C2)n1. The van der Waals surface area contributed by atoms with Crippen molar-refractivity contribution in [3.8, 4) is 0 Å². The summed E-state index contributed by atoms with van der Waals surface area (Å²) < 4.78 is 11.4. The Kier molecular flexibility index (Phi) is 5.86. The van der Waals surface area contributed by atoms with E-state index in [0.717, 1.165) is 63.9 Å². The maximum absolute atomic E-state index is 5.80. The summed E-state index contributed by atoms with van der Waals surface area (Å²) in [6, 6.07) is 6.78. The molecule has 0 spiro atoms. The fraction of sp³-hybridized carbons (Fsp3) is 0.722. The van der Waals surface area contributed by atoms with E-state index in [4.69, 9.17) is 9.47 Å². The lowest BCUT2D eigenvalue weighted by Crippen LogP contribution is -2.53. The number of aromatic nitrogens is 1. The lowest BCUT2D eigenvalue weighted by molar-refractivity contribution is 0.00680. The topological polar surface area (TPSA) is 37.8 Å². The molecule has 2 fully saturated rings. The van der Waals surface area contributed by atoms with Gasteiger partial charge in [0, 0.05) is 44.5 Å². The molecule has 2 saturated heterocycles. The van der Waals surface area contributed by atoms with Crippen LogP contribution < -0.4 is 4.90 Å². The first-order valence-corrected chi connectivity index (χ1v) is 8.84. The second kappa shape index (κ2) is 8.08. The van der Waals surface area contributed by atoms with Crippen LogP contribution in [0.1, 0.15) is 25.5 Å². The molecule has 0 bridgehead atoms. The minimum absolute atomic E-state index is 0.330. The largest absolute Gasteiger partial charge is 0.377 e. The Morgan fingerprint density at radius 1 is 1.35 bits per heavy atom. The highest BCUT2D eigenvalue weighted by atomic mass is 16.5. The third kappa shape index (κ3) is 4.66. The average Bonchev–Trinajstić information content (AvgIpc) is 3.06. The molecule has 0 unspecified atom stereocenters. The lowest BCUT2D eigenvalue weighted by Gasteiger charge is -2.40. The highest BCUT2D eigenvalue weighted by Gasteiger charge is 2.24. The molecular formula is C18H29N3O2. The molecular weight excluding hydrogens is 290 g/mol. The first-order chi connectivity index (χ1) is 11.2. The van der Waals surface area contributed by atoms with Gasteiger partial charge in [-0.1, -0.05) is 6.07 Å². The van der Waals surface area contributed by atoms with Crippen molar-refractivity contribution in [3.05, 3.63) is 23.9 Å². The summed E-state index contributed by atoms with van der Waals surface area (Å²) in [5, 5.41) is 0. The highest BCUT2D eigenvalue weighted by Crippen LogP contribution is 2.17. The monoisotopic (exact) mass is 319 g/mol. The van der Waals surface area contributed by atoms with Gasteiger partial charge >= 0.3 is 0 Å². The van der Waals surface area contributed by atoms with E-state index in [1.807, 2.05) is 0 Å². The summed E-state index contributed by atoms with van der Waals surface area (Å²) in [6.07, 6.45) is 2.66. The maximum atomic E-state index is 5.80. The number of hydrogen-bond acceptors (Lipinski definition) is 5. The van der Waals surface area contributed by atoms with Gasteiger partial charge in [-0.25, -0.2) is 4.98 Å². The minimum Gasteiger partial charge on any atom is -0.377 e. The number of pyridine rings is 1. The number of ether oxygens (including phenoxy) is 2. The summed E-state index contributed by atoms with van der Waals surface area (Å²) in [4.78, 5) is 9.55. The Bertz CT molecular complexity index is 491. The van der Waals surface area contributed by atoms with E-state index in [0.29, 0.717) is 12.1 Å². The Balaban J connectivity index is 1.40. The van der Waals surface area contributed by atoms with Gasteiger partial charge in [-0.3, -0.25) is 4.90 Å². The van der Waals surface area contributed by atoms with E-state index in [9.17, 15) is 0 Å². The molecule has 128 valence electrons. The van der Waals surface area contributed by atoms with Gasteiger partial charge in [0.1, 0.15) is 5.82 Å². The number of aryl methyl sites for hydroxylation is 1. The molecule has 0 amide bonds. The zero-order valence-corrected chi connectivity index (χ0v) is 14.4. The fourth-order valence-electron chi connectivity index (χ4n) is 3.41. The molecule has 2 aliphatic heterocycles. The number of hydrogen-bond donors (Lipinski definition) is 0. The number of piperazine rings is 1. The molecule has 0 saturated carbocycles. The van der Waals surface area contributed by atoms with E-state index >= 15 is 0 Å². The van der Waals surface area contributed by atoms with E-state index in [2.05, 4.69) is 46.8 Å². The van der Waals surface area contributed by atoms with E-state index in [1.54, 1.807) is 0 Å².